The highest BCUT2D eigenvalue weighted by Gasteiger charge is 2.37. The van der Waals surface area contributed by atoms with Crippen LogP contribution in [0.25, 0.3) is 0 Å². The molecule has 0 radical (unpaired) electrons. The maximum absolute atomic E-state index is 13.3. The Kier molecular flexibility index (Phi) is 9.31. The lowest BCUT2D eigenvalue weighted by atomic mass is 10.0. The Morgan fingerprint density at radius 1 is 0.864 bits per heavy atom. The third kappa shape index (κ3) is 7.78. The highest BCUT2D eigenvalue weighted by molar-refractivity contribution is 8.02. The number of benzene rings is 2. The normalized spacial score (nSPS) is 22.5. The van der Waals surface area contributed by atoms with Gasteiger partial charge in [0.2, 0.25) is 17.8 Å². The number of para-hydroxylation sites is 1. The standard InChI is InChI=1S/C27H34F3N11O2S/c28-27(29,30)44-41(20-4-2-1-3-5-20)23(43)21-7-6-19(10-22(21)42)35-24-36-25(39-11-15(31)8-16(32)12-39)38-26(37-24)40-13-17(33)9-18(34)14-40/h1-7,10,15-18,42H,8-9,11-14,31-34H2,(H,35,36,37,38). The maximum atomic E-state index is 13.3. The van der Waals surface area contributed by atoms with Gasteiger partial charge in [0.05, 0.1) is 23.2 Å². The number of carbonyl (C=O) groups excluding carboxylic acids is 1. The quantitative estimate of drug-likeness (QED) is 0.206. The monoisotopic (exact) mass is 633 g/mol. The Morgan fingerprint density at radius 2 is 1.39 bits per heavy atom. The molecule has 10 N–H and O–H groups in total. The van der Waals surface area contributed by atoms with Crippen LogP contribution in [0.1, 0.15) is 23.2 Å². The molecule has 4 atom stereocenters. The molecule has 1 aromatic heterocycles. The molecule has 5 rings (SSSR count). The van der Waals surface area contributed by atoms with E-state index in [1.54, 1.807) is 6.07 Å². The molecule has 44 heavy (non-hydrogen) atoms. The highest BCUT2D eigenvalue weighted by atomic mass is 32.2. The van der Waals surface area contributed by atoms with Crippen LogP contribution in [0, 0.1) is 0 Å². The van der Waals surface area contributed by atoms with Gasteiger partial charge in [-0.1, -0.05) is 18.2 Å². The number of alkyl halides is 3. The van der Waals surface area contributed by atoms with Crippen LogP contribution in [0.4, 0.5) is 42.4 Å². The van der Waals surface area contributed by atoms with Crippen molar-refractivity contribution in [2.45, 2.75) is 42.5 Å². The smallest absolute Gasteiger partial charge is 0.462 e. The number of nitrogens with one attached hydrogen (secondary N) is 1. The first-order valence-corrected chi connectivity index (χ1v) is 14.7. The number of hydrogen-bond acceptors (Lipinski definition) is 13. The van der Waals surface area contributed by atoms with Gasteiger partial charge in [-0.3, -0.25) is 4.79 Å². The predicted molar refractivity (Wildman–Crippen MR) is 164 cm³/mol. The number of phenolic OH excluding ortho intramolecular Hbond substituents is 1. The first kappa shape index (κ1) is 31.5. The van der Waals surface area contributed by atoms with Gasteiger partial charge in [-0.2, -0.15) is 28.1 Å². The van der Waals surface area contributed by atoms with Crippen LogP contribution in [-0.4, -0.2) is 81.8 Å². The minimum atomic E-state index is -4.75. The Labute approximate surface area is 255 Å². The summed E-state index contributed by atoms with van der Waals surface area (Å²) in [5, 5.41) is 13.8. The van der Waals surface area contributed by atoms with Gasteiger partial charge in [-0.15, -0.1) is 0 Å². The number of aromatic hydroxyl groups is 1. The molecule has 17 heteroatoms. The van der Waals surface area contributed by atoms with E-state index in [1.165, 1.54) is 42.5 Å². The number of carbonyl (C=O) groups is 1. The van der Waals surface area contributed by atoms with Crippen LogP contribution >= 0.6 is 11.9 Å². The van der Waals surface area contributed by atoms with Gasteiger partial charge in [-0.25, -0.2) is 4.31 Å². The molecule has 236 valence electrons. The summed E-state index contributed by atoms with van der Waals surface area (Å²) >= 11 is -0.611. The van der Waals surface area contributed by atoms with Gasteiger partial charge < -0.3 is 43.2 Å². The molecule has 1 amide bonds. The number of rotatable bonds is 7. The van der Waals surface area contributed by atoms with Crippen molar-refractivity contribution in [2.24, 2.45) is 22.9 Å². The number of halogens is 3. The maximum Gasteiger partial charge on any atom is 0.462 e. The van der Waals surface area contributed by atoms with Crippen molar-refractivity contribution in [1.29, 1.82) is 0 Å². The van der Waals surface area contributed by atoms with Crippen molar-refractivity contribution >= 4 is 47.1 Å². The molecule has 2 saturated heterocycles. The zero-order valence-electron chi connectivity index (χ0n) is 23.6. The Hall–Kier alpha value is -3.90. The van der Waals surface area contributed by atoms with Crippen LogP contribution in [0.15, 0.2) is 48.5 Å². The first-order valence-electron chi connectivity index (χ1n) is 13.9. The van der Waals surface area contributed by atoms with Crippen molar-refractivity contribution in [1.82, 2.24) is 15.0 Å². The Morgan fingerprint density at radius 3 is 1.86 bits per heavy atom. The van der Waals surface area contributed by atoms with Crippen molar-refractivity contribution in [3.05, 3.63) is 54.1 Å². The molecule has 2 aliphatic rings. The van der Waals surface area contributed by atoms with Gasteiger partial charge >= 0.3 is 5.51 Å². The summed E-state index contributed by atoms with van der Waals surface area (Å²) in [4.78, 5) is 30.7. The Balaban J connectivity index is 1.44. The number of hydrogen-bond donors (Lipinski definition) is 6. The number of nitrogens with zero attached hydrogens (tertiary/aromatic N) is 6. The van der Waals surface area contributed by atoms with E-state index in [9.17, 15) is 23.1 Å². The van der Waals surface area contributed by atoms with E-state index in [1.807, 2.05) is 9.80 Å². The number of amides is 1. The largest absolute Gasteiger partial charge is 0.507 e. The van der Waals surface area contributed by atoms with E-state index < -0.39 is 29.1 Å². The van der Waals surface area contributed by atoms with Crippen LogP contribution in [0.3, 0.4) is 0 Å². The fourth-order valence-electron chi connectivity index (χ4n) is 5.28. The zero-order valence-corrected chi connectivity index (χ0v) is 24.4. The number of nitrogens with two attached hydrogens (primary N) is 4. The lowest BCUT2D eigenvalue weighted by Crippen LogP contribution is -2.54. The molecule has 2 aliphatic heterocycles. The molecule has 2 fully saturated rings. The van der Waals surface area contributed by atoms with E-state index in [0.29, 0.717) is 55.2 Å². The molecular weight excluding hydrogens is 599 g/mol. The lowest BCUT2D eigenvalue weighted by Gasteiger charge is -2.37. The van der Waals surface area contributed by atoms with Gasteiger partial charge in [0, 0.05) is 62.1 Å². The van der Waals surface area contributed by atoms with Gasteiger partial charge in [-0.05, 0) is 37.1 Å². The SMILES string of the molecule is NC1CC(N)CN(c2nc(Nc3ccc(C(=O)N(SC(F)(F)F)c4ccccc4)c(O)c3)nc(N3CC(N)CC(N)C3)n2)C1. The average molecular weight is 634 g/mol. The molecule has 4 unspecified atom stereocenters. The topological polar surface area (TPSA) is 202 Å². The molecular formula is C27H34F3N11O2S. The second kappa shape index (κ2) is 13.0. The molecule has 0 bridgehead atoms. The molecule has 2 aromatic carbocycles. The van der Waals surface area contributed by atoms with Gasteiger partial charge in [0.1, 0.15) is 5.75 Å². The summed E-state index contributed by atoms with van der Waals surface area (Å²) in [7, 11) is 0. The summed E-state index contributed by atoms with van der Waals surface area (Å²) in [6, 6.07) is 10.5. The predicted octanol–water partition coefficient (Wildman–Crippen LogP) is 1.86. The second-order valence-electron chi connectivity index (χ2n) is 10.9. The van der Waals surface area contributed by atoms with Crippen molar-refractivity contribution < 1.29 is 23.1 Å². The van der Waals surface area contributed by atoms with Gasteiger partial charge in [0.25, 0.3) is 5.91 Å². The van der Waals surface area contributed by atoms with E-state index >= 15 is 0 Å². The number of piperidine rings is 2. The highest BCUT2D eigenvalue weighted by Crippen LogP contribution is 2.39. The second-order valence-corrected chi connectivity index (χ2v) is 11.9. The summed E-state index contributed by atoms with van der Waals surface area (Å²) < 4.78 is 40.5. The van der Waals surface area contributed by atoms with E-state index in [4.69, 9.17) is 22.9 Å². The molecule has 0 aliphatic carbocycles. The van der Waals surface area contributed by atoms with E-state index in [0.717, 1.165) is 0 Å². The molecule has 3 aromatic rings. The number of aromatic nitrogens is 3. The average Bonchev–Trinajstić information content (AvgIpc) is 2.94. The van der Waals surface area contributed by atoms with Gasteiger partial charge in [0.15, 0.2) is 0 Å². The minimum Gasteiger partial charge on any atom is -0.507 e. The first-order chi connectivity index (χ1) is 20.8. The van der Waals surface area contributed by atoms with E-state index in [2.05, 4.69) is 20.3 Å². The molecule has 0 spiro atoms. The van der Waals surface area contributed by atoms with Crippen molar-refractivity contribution in [3.63, 3.8) is 0 Å². The van der Waals surface area contributed by atoms with Crippen LogP contribution < -0.4 is 42.4 Å². The number of anilines is 5. The van der Waals surface area contributed by atoms with Crippen molar-refractivity contribution in [3.8, 4) is 5.75 Å². The molecule has 0 saturated carbocycles. The fourth-order valence-corrected chi connectivity index (χ4v) is 5.90. The molecule has 13 nitrogen and oxygen atoms in total. The van der Waals surface area contributed by atoms with Crippen LogP contribution in [-0.2, 0) is 0 Å². The van der Waals surface area contributed by atoms with E-state index in [-0.39, 0.29) is 47.1 Å². The minimum absolute atomic E-state index is 0.000898. The van der Waals surface area contributed by atoms with Crippen molar-refractivity contribution in [2.75, 3.05) is 45.6 Å². The fraction of sp³-hybridized carbons (Fsp3) is 0.407. The lowest BCUT2D eigenvalue weighted by molar-refractivity contribution is -0.0329. The summed E-state index contributed by atoms with van der Waals surface area (Å²) in [5.41, 5.74) is 20.0. The van der Waals surface area contributed by atoms with Crippen LogP contribution in [0.2, 0.25) is 0 Å². The summed E-state index contributed by atoms with van der Waals surface area (Å²) in [5.74, 6) is -0.825. The van der Waals surface area contributed by atoms with Crippen LogP contribution in [0.5, 0.6) is 5.75 Å². The number of phenols is 1. The zero-order chi connectivity index (χ0) is 31.6. The third-order valence-corrected chi connectivity index (χ3v) is 7.83. The summed E-state index contributed by atoms with van der Waals surface area (Å²) in [6.45, 7) is 1.89. The third-order valence-electron chi connectivity index (χ3n) is 7.06. The summed E-state index contributed by atoms with van der Waals surface area (Å²) in [6.07, 6.45) is 1.31. The Bertz CT molecular complexity index is 1400. The molecule has 3 heterocycles.